The van der Waals surface area contributed by atoms with Gasteiger partial charge in [-0.05, 0) is 49.1 Å². The minimum Gasteiger partial charge on any atom is -0.495 e. The molecule has 27 heavy (non-hydrogen) atoms. The molecular formula is C22H29ClN2O2. The Morgan fingerprint density at radius 2 is 2.04 bits per heavy atom. The summed E-state index contributed by atoms with van der Waals surface area (Å²) < 4.78 is 5.42. The van der Waals surface area contributed by atoms with Crippen molar-refractivity contribution in [2.45, 2.75) is 59.5 Å². The first-order chi connectivity index (χ1) is 12.6. The maximum absolute atomic E-state index is 13.3. The number of benzene rings is 1. The lowest BCUT2D eigenvalue weighted by Gasteiger charge is -2.40. The number of aromatic nitrogens is 1. The third kappa shape index (κ3) is 3.17. The molecule has 2 bridgehead atoms. The number of ether oxygens (including phenoxy) is 1. The van der Waals surface area contributed by atoms with Crippen LogP contribution in [0.15, 0.2) is 16.9 Å². The van der Waals surface area contributed by atoms with Crippen LogP contribution < -0.4 is 10.2 Å². The lowest BCUT2D eigenvalue weighted by atomic mass is 9.65. The highest BCUT2D eigenvalue weighted by Crippen LogP contribution is 2.52. The number of halogens is 1. The number of rotatable bonds is 3. The first-order valence-electron chi connectivity index (χ1n) is 9.74. The smallest absolute Gasteiger partial charge is 0.195 e. The standard InChI is InChI=1S/C22H29ClN2O2/c1-13-15(10-25-12-22(4)9-14(25)8-21(2,3)11-22)20(26)18-16(23)6-7-17(27-5)19(18)24-13/h6-7,14H,8-12H2,1-5H3,(H,24,26)/t14-,22-/m0/s1. The summed E-state index contributed by atoms with van der Waals surface area (Å²) >= 11 is 6.39. The van der Waals surface area contributed by atoms with Gasteiger partial charge in [0.1, 0.15) is 5.75 Å². The number of pyridine rings is 1. The van der Waals surface area contributed by atoms with Gasteiger partial charge in [0.05, 0.1) is 23.0 Å². The van der Waals surface area contributed by atoms with Crippen LogP contribution in [0.3, 0.4) is 0 Å². The van der Waals surface area contributed by atoms with Crippen LogP contribution in [0.5, 0.6) is 5.75 Å². The molecule has 0 unspecified atom stereocenters. The number of hydrogen-bond donors (Lipinski definition) is 1. The second-order valence-electron chi connectivity index (χ2n) is 9.68. The van der Waals surface area contributed by atoms with Crippen molar-refractivity contribution in [3.8, 4) is 5.75 Å². The first-order valence-corrected chi connectivity index (χ1v) is 10.1. The van der Waals surface area contributed by atoms with Crippen molar-refractivity contribution in [3.05, 3.63) is 38.6 Å². The molecule has 2 heterocycles. The highest BCUT2D eigenvalue weighted by atomic mass is 35.5. The van der Waals surface area contributed by atoms with E-state index in [2.05, 4.69) is 30.7 Å². The predicted molar refractivity (Wildman–Crippen MR) is 111 cm³/mol. The molecule has 1 aromatic carbocycles. The highest BCUT2D eigenvalue weighted by Gasteiger charge is 2.49. The number of likely N-dealkylation sites (tertiary alicyclic amines) is 1. The number of aryl methyl sites for hydroxylation is 1. The largest absolute Gasteiger partial charge is 0.495 e. The van der Waals surface area contributed by atoms with E-state index in [1.165, 1.54) is 19.3 Å². The Balaban J connectivity index is 1.76. The fraction of sp³-hybridized carbons (Fsp3) is 0.591. The van der Waals surface area contributed by atoms with Crippen molar-refractivity contribution in [2.24, 2.45) is 10.8 Å². The van der Waals surface area contributed by atoms with Gasteiger partial charge >= 0.3 is 0 Å². The summed E-state index contributed by atoms with van der Waals surface area (Å²) in [5, 5.41) is 1.01. The third-order valence-corrected chi connectivity index (χ3v) is 6.80. The molecule has 1 aliphatic carbocycles. The Morgan fingerprint density at radius 3 is 2.74 bits per heavy atom. The van der Waals surface area contributed by atoms with Crippen LogP contribution in [-0.2, 0) is 6.54 Å². The zero-order valence-electron chi connectivity index (χ0n) is 16.9. The summed E-state index contributed by atoms with van der Waals surface area (Å²) in [5.74, 6) is 0.646. The summed E-state index contributed by atoms with van der Waals surface area (Å²) in [6.07, 6.45) is 3.68. The van der Waals surface area contributed by atoms with Gasteiger partial charge in [0.2, 0.25) is 0 Å². The molecule has 1 N–H and O–H groups in total. The Morgan fingerprint density at radius 1 is 1.30 bits per heavy atom. The van der Waals surface area contributed by atoms with Gasteiger partial charge in [0, 0.05) is 30.4 Å². The molecule has 1 aromatic heterocycles. The molecule has 5 heteroatoms. The Hall–Kier alpha value is -1.52. The van der Waals surface area contributed by atoms with Crippen LogP contribution in [-0.4, -0.2) is 29.6 Å². The molecule has 2 aliphatic rings. The monoisotopic (exact) mass is 388 g/mol. The summed E-state index contributed by atoms with van der Waals surface area (Å²) in [4.78, 5) is 19.2. The third-order valence-electron chi connectivity index (χ3n) is 6.49. The SMILES string of the molecule is COc1ccc(Cl)c2c(=O)c(CN3C[C@@]4(C)C[C@@H]3CC(C)(C)C4)c(C)[nH]c12. The van der Waals surface area contributed by atoms with Gasteiger partial charge in [-0.2, -0.15) is 0 Å². The number of methoxy groups -OCH3 is 1. The van der Waals surface area contributed by atoms with Gasteiger partial charge in [0.25, 0.3) is 0 Å². The van der Waals surface area contributed by atoms with E-state index in [1.807, 2.05) is 6.92 Å². The second kappa shape index (κ2) is 6.25. The lowest BCUT2D eigenvalue weighted by Crippen LogP contribution is -2.35. The molecule has 1 aliphatic heterocycles. The normalized spacial score (nSPS) is 27.3. The second-order valence-corrected chi connectivity index (χ2v) is 10.1. The van der Waals surface area contributed by atoms with Crippen molar-refractivity contribution in [1.82, 2.24) is 9.88 Å². The van der Waals surface area contributed by atoms with Crippen molar-refractivity contribution in [3.63, 3.8) is 0 Å². The fourth-order valence-corrected chi connectivity index (χ4v) is 6.06. The summed E-state index contributed by atoms with van der Waals surface area (Å²) in [6, 6.07) is 4.09. The zero-order valence-corrected chi connectivity index (χ0v) is 17.7. The molecule has 146 valence electrons. The molecule has 2 fully saturated rings. The van der Waals surface area contributed by atoms with Crippen molar-refractivity contribution in [1.29, 1.82) is 0 Å². The summed E-state index contributed by atoms with van der Waals surface area (Å²) in [5.41, 5.74) is 3.16. The molecule has 0 amide bonds. The van der Waals surface area contributed by atoms with Gasteiger partial charge in [0.15, 0.2) is 5.43 Å². The van der Waals surface area contributed by atoms with Gasteiger partial charge in [-0.3, -0.25) is 9.69 Å². The topological polar surface area (TPSA) is 45.3 Å². The van der Waals surface area contributed by atoms with E-state index < -0.39 is 0 Å². The van der Waals surface area contributed by atoms with Gasteiger partial charge in [-0.15, -0.1) is 0 Å². The fourth-order valence-electron chi connectivity index (χ4n) is 5.81. The zero-order chi connectivity index (χ0) is 19.6. The molecule has 4 rings (SSSR count). The first kappa shape index (κ1) is 18.8. The van der Waals surface area contributed by atoms with E-state index in [9.17, 15) is 4.79 Å². The van der Waals surface area contributed by atoms with Gasteiger partial charge in [-0.1, -0.05) is 32.4 Å². The van der Waals surface area contributed by atoms with Crippen LogP contribution in [0.1, 0.15) is 51.3 Å². The molecule has 1 saturated carbocycles. The van der Waals surface area contributed by atoms with Crippen LogP contribution in [0.4, 0.5) is 0 Å². The van der Waals surface area contributed by atoms with E-state index in [-0.39, 0.29) is 5.43 Å². The maximum atomic E-state index is 13.3. The van der Waals surface area contributed by atoms with Gasteiger partial charge in [-0.25, -0.2) is 0 Å². The highest BCUT2D eigenvalue weighted by molar-refractivity contribution is 6.35. The number of nitrogens with one attached hydrogen (secondary N) is 1. The van der Waals surface area contributed by atoms with E-state index >= 15 is 0 Å². The number of hydrogen-bond acceptors (Lipinski definition) is 3. The number of nitrogens with zero attached hydrogens (tertiary/aromatic N) is 1. The lowest BCUT2D eigenvalue weighted by molar-refractivity contribution is 0.126. The Kier molecular flexibility index (Phi) is 4.36. The van der Waals surface area contributed by atoms with Crippen LogP contribution in [0.25, 0.3) is 10.9 Å². The number of aromatic amines is 1. The molecular weight excluding hydrogens is 360 g/mol. The van der Waals surface area contributed by atoms with Crippen LogP contribution in [0, 0.1) is 17.8 Å². The van der Waals surface area contributed by atoms with Crippen molar-refractivity contribution >= 4 is 22.5 Å². The Labute approximate surface area is 165 Å². The van der Waals surface area contributed by atoms with Crippen molar-refractivity contribution in [2.75, 3.05) is 13.7 Å². The van der Waals surface area contributed by atoms with E-state index in [0.29, 0.717) is 45.1 Å². The van der Waals surface area contributed by atoms with E-state index in [1.54, 1.807) is 19.2 Å². The predicted octanol–water partition coefficient (Wildman–Crippen LogP) is 4.90. The minimum atomic E-state index is 0.0241. The Bertz CT molecular complexity index is 965. The average Bonchev–Trinajstić information content (AvgIpc) is 2.79. The summed E-state index contributed by atoms with van der Waals surface area (Å²) in [6.45, 7) is 10.9. The van der Waals surface area contributed by atoms with E-state index in [4.69, 9.17) is 16.3 Å². The average molecular weight is 389 g/mol. The molecule has 2 aromatic rings. The van der Waals surface area contributed by atoms with Gasteiger partial charge < -0.3 is 9.72 Å². The summed E-state index contributed by atoms with van der Waals surface area (Å²) in [7, 11) is 1.61. The van der Waals surface area contributed by atoms with Crippen LogP contribution >= 0.6 is 11.6 Å². The molecule has 0 spiro atoms. The van der Waals surface area contributed by atoms with Crippen molar-refractivity contribution < 1.29 is 4.74 Å². The quantitative estimate of drug-likeness (QED) is 0.813. The number of fused-ring (bicyclic) bond motifs is 3. The molecule has 4 nitrogen and oxygen atoms in total. The van der Waals surface area contributed by atoms with Crippen LogP contribution in [0.2, 0.25) is 5.02 Å². The molecule has 0 radical (unpaired) electrons. The minimum absolute atomic E-state index is 0.0241. The maximum Gasteiger partial charge on any atom is 0.195 e. The molecule has 2 atom stereocenters. The number of H-pyrrole nitrogens is 1. The molecule has 1 saturated heterocycles. The van der Waals surface area contributed by atoms with E-state index in [0.717, 1.165) is 17.8 Å².